The molecule has 4 nitrogen and oxygen atoms in total. The summed E-state index contributed by atoms with van der Waals surface area (Å²) in [6.07, 6.45) is -9.86. The second-order valence-corrected chi connectivity index (χ2v) is 5.93. The number of nitrogens with zero attached hydrogens (tertiary/aromatic N) is 1. The van der Waals surface area contributed by atoms with E-state index >= 15 is 0 Å². The van der Waals surface area contributed by atoms with Crippen LogP contribution in [0.1, 0.15) is 12.0 Å². The van der Waals surface area contributed by atoms with E-state index in [0.717, 1.165) is 41.3 Å². The highest BCUT2D eigenvalue weighted by Gasteiger charge is 2.36. The van der Waals surface area contributed by atoms with Crippen molar-refractivity contribution in [2.45, 2.75) is 19.0 Å². The van der Waals surface area contributed by atoms with E-state index in [1.807, 2.05) is 0 Å². The predicted octanol–water partition coefficient (Wildman–Crippen LogP) is 4.58. The molecule has 0 radical (unpaired) electrons. The van der Waals surface area contributed by atoms with Gasteiger partial charge in [-0.15, -0.1) is 13.2 Å². The summed E-state index contributed by atoms with van der Waals surface area (Å²) in [6, 6.07) is 6.86. The van der Waals surface area contributed by atoms with Gasteiger partial charge in [0.05, 0.1) is 5.56 Å². The molecule has 1 saturated heterocycles. The van der Waals surface area contributed by atoms with Crippen molar-refractivity contribution < 1.29 is 40.7 Å². The third-order valence-corrected chi connectivity index (χ3v) is 4.05. The van der Waals surface area contributed by atoms with E-state index < -0.39 is 41.1 Å². The molecule has 10 heteroatoms. The molecule has 2 aromatic carbocycles. The van der Waals surface area contributed by atoms with E-state index in [-0.39, 0.29) is 24.2 Å². The van der Waals surface area contributed by atoms with Gasteiger partial charge < -0.3 is 9.64 Å². The summed E-state index contributed by atoms with van der Waals surface area (Å²) in [7, 11) is 0. The molecular formula is C18H11F6NO3. The first-order valence-electron chi connectivity index (χ1n) is 7.88. The molecule has 0 aromatic heterocycles. The lowest BCUT2D eigenvalue weighted by molar-refractivity contribution is -0.274. The van der Waals surface area contributed by atoms with Crippen molar-refractivity contribution in [2.75, 3.05) is 11.4 Å². The second-order valence-electron chi connectivity index (χ2n) is 5.93. The van der Waals surface area contributed by atoms with Gasteiger partial charge in [0.25, 0.3) is 5.91 Å². The van der Waals surface area contributed by atoms with Crippen LogP contribution in [0.4, 0.5) is 32.0 Å². The molecule has 1 heterocycles. The number of benzene rings is 2. The maximum atomic E-state index is 13.4. The third kappa shape index (κ3) is 4.10. The van der Waals surface area contributed by atoms with Crippen LogP contribution in [0.25, 0.3) is 11.1 Å². The van der Waals surface area contributed by atoms with Crippen LogP contribution in [-0.4, -0.2) is 24.6 Å². The van der Waals surface area contributed by atoms with Crippen LogP contribution in [-0.2, 0) is 15.8 Å². The number of anilines is 1. The molecule has 0 bridgehead atoms. The van der Waals surface area contributed by atoms with Gasteiger partial charge in [-0.3, -0.25) is 9.59 Å². The summed E-state index contributed by atoms with van der Waals surface area (Å²) < 4.78 is 81.2. The number of rotatable bonds is 3. The zero-order valence-electron chi connectivity index (χ0n) is 13.9. The van der Waals surface area contributed by atoms with Gasteiger partial charge in [0.2, 0.25) is 5.78 Å². The number of alkyl halides is 6. The minimum absolute atomic E-state index is 0.0136. The Morgan fingerprint density at radius 3 is 2.21 bits per heavy atom. The molecular weight excluding hydrogens is 392 g/mol. The quantitative estimate of drug-likeness (QED) is 0.557. The van der Waals surface area contributed by atoms with Crippen LogP contribution in [0, 0.1) is 0 Å². The molecule has 2 aromatic rings. The van der Waals surface area contributed by atoms with Crippen molar-refractivity contribution in [1.29, 1.82) is 0 Å². The Morgan fingerprint density at radius 1 is 0.929 bits per heavy atom. The molecule has 1 amide bonds. The highest BCUT2D eigenvalue weighted by atomic mass is 19.4. The molecule has 0 atom stereocenters. The Bertz CT molecular complexity index is 936. The van der Waals surface area contributed by atoms with Crippen LogP contribution in [0.3, 0.4) is 0 Å². The minimum atomic E-state index is -5.00. The molecule has 0 spiro atoms. The first-order valence-corrected chi connectivity index (χ1v) is 7.88. The summed E-state index contributed by atoms with van der Waals surface area (Å²) in [6.45, 7) is 0.0136. The Hall–Kier alpha value is -3.04. The molecule has 1 fully saturated rings. The van der Waals surface area contributed by atoms with Gasteiger partial charge >= 0.3 is 12.5 Å². The highest BCUT2D eigenvalue weighted by Crippen LogP contribution is 2.40. The number of carbonyl (C=O) groups is 2. The number of halogens is 6. The highest BCUT2D eigenvalue weighted by molar-refractivity contribution is 6.43. The van der Waals surface area contributed by atoms with E-state index in [2.05, 4.69) is 4.74 Å². The van der Waals surface area contributed by atoms with Crippen molar-refractivity contribution >= 4 is 17.4 Å². The molecule has 0 N–H and O–H groups in total. The maximum absolute atomic E-state index is 13.4. The van der Waals surface area contributed by atoms with Gasteiger partial charge in [0, 0.05) is 18.7 Å². The van der Waals surface area contributed by atoms with Crippen LogP contribution < -0.4 is 9.64 Å². The number of hydrogen-bond acceptors (Lipinski definition) is 3. The van der Waals surface area contributed by atoms with Crippen LogP contribution >= 0.6 is 0 Å². The number of hydrogen-bond donors (Lipinski definition) is 0. The Morgan fingerprint density at radius 2 is 1.64 bits per heavy atom. The minimum Gasteiger partial charge on any atom is -0.406 e. The Kier molecular flexibility index (Phi) is 4.82. The van der Waals surface area contributed by atoms with Crippen molar-refractivity contribution in [3.8, 4) is 16.9 Å². The van der Waals surface area contributed by atoms with Crippen molar-refractivity contribution in [3.63, 3.8) is 0 Å². The zero-order valence-corrected chi connectivity index (χ0v) is 13.9. The predicted molar refractivity (Wildman–Crippen MR) is 85.5 cm³/mol. The van der Waals surface area contributed by atoms with E-state index in [1.165, 1.54) is 6.07 Å². The zero-order chi connectivity index (χ0) is 20.7. The van der Waals surface area contributed by atoms with Crippen LogP contribution in [0.5, 0.6) is 5.75 Å². The molecule has 1 aliphatic rings. The first kappa shape index (κ1) is 19.7. The summed E-state index contributed by atoms with van der Waals surface area (Å²) >= 11 is 0. The van der Waals surface area contributed by atoms with E-state index in [1.54, 1.807) is 0 Å². The van der Waals surface area contributed by atoms with Crippen molar-refractivity contribution in [3.05, 3.63) is 48.0 Å². The fourth-order valence-electron chi connectivity index (χ4n) is 2.87. The van der Waals surface area contributed by atoms with Gasteiger partial charge in [-0.25, -0.2) is 0 Å². The summed E-state index contributed by atoms with van der Waals surface area (Å²) in [5, 5.41) is 0. The number of ketones is 1. The monoisotopic (exact) mass is 403 g/mol. The number of ether oxygens (including phenoxy) is 1. The van der Waals surface area contributed by atoms with E-state index in [4.69, 9.17) is 0 Å². The SMILES string of the molecule is O=C1CCN(c2ccc(C(F)(F)F)c(-c3cccc(OC(F)(F)F)c3)c2)C1=O. The van der Waals surface area contributed by atoms with E-state index in [0.29, 0.717) is 0 Å². The van der Waals surface area contributed by atoms with Crippen molar-refractivity contribution in [1.82, 2.24) is 0 Å². The molecule has 1 aliphatic heterocycles. The van der Waals surface area contributed by atoms with Gasteiger partial charge in [0.15, 0.2) is 0 Å². The average Bonchev–Trinajstić information content (AvgIpc) is 2.91. The Labute approximate surface area is 154 Å². The lowest BCUT2D eigenvalue weighted by Gasteiger charge is -2.20. The largest absolute Gasteiger partial charge is 0.573 e. The number of Topliss-reactive ketones (excluding diaryl/α,β-unsaturated/α-hetero) is 1. The molecule has 148 valence electrons. The smallest absolute Gasteiger partial charge is 0.406 e. The van der Waals surface area contributed by atoms with Crippen LogP contribution in [0.15, 0.2) is 42.5 Å². The second kappa shape index (κ2) is 6.84. The lowest BCUT2D eigenvalue weighted by Crippen LogP contribution is -2.27. The first-order chi connectivity index (χ1) is 13.0. The Balaban J connectivity index is 2.10. The lowest BCUT2D eigenvalue weighted by atomic mass is 9.98. The van der Waals surface area contributed by atoms with Gasteiger partial charge in [0.1, 0.15) is 5.75 Å². The van der Waals surface area contributed by atoms with Crippen molar-refractivity contribution in [2.24, 2.45) is 0 Å². The molecule has 3 rings (SSSR count). The number of carbonyl (C=O) groups excluding carboxylic acids is 2. The topological polar surface area (TPSA) is 46.6 Å². The maximum Gasteiger partial charge on any atom is 0.573 e. The normalized spacial score (nSPS) is 15.3. The molecule has 0 saturated carbocycles. The van der Waals surface area contributed by atoms with Gasteiger partial charge in [-0.05, 0) is 41.5 Å². The van der Waals surface area contributed by atoms with E-state index in [9.17, 15) is 35.9 Å². The molecule has 28 heavy (non-hydrogen) atoms. The molecule has 0 unspecified atom stereocenters. The van der Waals surface area contributed by atoms with Gasteiger partial charge in [-0.2, -0.15) is 13.2 Å². The summed E-state index contributed by atoms with van der Waals surface area (Å²) in [5.41, 5.74) is -1.68. The molecule has 0 aliphatic carbocycles. The van der Waals surface area contributed by atoms with Gasteiger partial charge in [-0.1, -0.05) is 12.1 Å². The number of amides is 1. The summed E-state index contributed by atoms with van der Waals surface area (Å²) in [4.78, 5) is 24.3. The average molecular weight is 403 g/mol. The summed E-state index contributed by atoms with van der Waals surface area (Å²) in [5.74, 6) is -2.20. The third-order valence-electron chi connectivity index (χ3n) is 4.05. The standard InChI is InChI=1S/C18H11F6NO3/c19-17(20,21)14-5-4-11(25-7-6-15(26)16(25)27)9-13(14)10-2-1-3-12(8-10)28-18(22,23)24/h1-5,8-9H,6-7H2. The fourth-order valence-corrected chi connectivity index (χ4v) is 2.87. The van der Waals surface area contributed by atoms with Crippen LogP contribution in [0.2, 0.25) is 0 Å². The fraction of sp³-hybridized carbons (Fsp3) is 0.222.